The molecule has 4 nitrogen and oxygen atoms in total. The summed E-state index contributed by atoms with van der Waals surface area (Å²) in [5.74, 6) is 0.796. The number of carbonyl (C=O) groups is 1. The molecular formula is C14H20N2O2. The zero-order valence-corrected chi connectivity index (χ0v) is 11.1. The van der Waals surface area contributed by atoms with E-state index < -0.39 is 0 Å². The van der Waals surface area contributed by atoms with Gasteiger partial charge in [-0.25, -0.2) is 4.98 Å². The van der Waals surface area contributed by atoms with Crippen molar-refractivity contribution in [2.75, 3.05) is 13.2 Å². The molecule has 4 heteroatoms. The van der Waals surface area contributed by atoms with Crippen LogP contribution < -0.4 is 4.74 Å². The lowest BCUT2D eigenvalue weighted by molar-refractivity contribution is -0.132. The number of hydrogen-bond acceptors (Lipinski definition) is 3. The van der Waals surface area contributed by atoms with Crippen molar-refractivity contribution in [3.05, 3.63) is 23.9 Å². The Labute approximate surface area is 108 Å². The van der Waals surface area contributed by atoms with Gasteiger partial charge in [-0.1, -0.05) is 6.07 Å². The Morgan fingerprint density at radius 2 is 2.39 bits per heavy atom. The van der Waals surface area contributed by atoms with E-state index in [-0.39, 0.29) is 11.9 Å². The normalized spacial score (nSPS) is 19.7. The minimum absolute atomic E-state index is 0.117. The van der Waals surface area contributed by atoms with Crippen LogP contribution in [-0.2, 0) is 4.79 Å². The zero-order valence-electron chi connectivity index (χ0n) is 11.1. The predicted molar refractivity (Wildman–Crippen MR) is 69.4 cm³/mol. The van der Waals surface area contributed by atoms with E-state index in [1.165, 1.54) is 0 Å². The molecule has 0 bridgehead atoms. The number of likely N-dealkylation sites (tertiary alicyclic amines) is 1. The predicted octanol–water partition coefficient (Wildman–Crippen LogP) is 2.55. The van der Waals surface area contributed by atoms with Crippen LogP contribution in [0.4, 0.5) is 0 Å². The molecule has 0 aliphatic carbocycles. The van der Waals surface area contributed by atoms with Crippen LogP contribution in [0.2, 0.25) is 0 Å². The maximum absolute atomic E-state index is 11.7. The quantitative estimate of drug-likeness (QED) is 0.825. The smallest absolute Gasteiger partial charge is 0.219 e. The van der Waals surface area contributed by atoms with E-state index in [2.05, 4.69) is 4.98 Å². The second-order valence-electron chi connectivity index (χ2n) is 4.55. The second kappa shape index (κ2) is 5.85. The monoisotopic (exact) mass is 248 g/mol. The summed E-state index contributed by atoms with van der Waals surface area (Å²) in [5.41, 5.74) is 1.04. The summed E-state index contributed by atoms with van der Waals surface area (Å²) in [6, 6.07) is 4.04. The summed E-state index contributed by atoms with van der Waals surface area (Å²) in [6.45, 7) is 5.01. The molecule has 18 heavy (non-hydrogen) atoms. The van der Waals surface area contributed by atoms with Gasteiger partial charge in [0.25, 0.3) is 0 Å². The van der Waals surface area contributed by atoms with E-state index in [1.54, 1.807) is 13.1 Å². The summed E-state index contributed by atoms with van der Waals surface area (Å²) in [6.07, 6.45) is 4.95. The van der Waals surface area contributed by atoms with E-state index in [0.29, 0.717) is 12.5 Å². The summed E-state index contributed by atoms with van der Waals surface area (Å²) in [4.78, 5) is 17.9. The fourth-order valence-corrected chi connectivity index (χ4v) is 2.55. The molecule has 1 fully saturated rings. The van der Waals surface area contributed by atoms with Gasteiger partial charge in [0.05, 0.1) is 12.6 Å². The third-order valence-corrected chi connectivity index (χ3v) is 3.35. The Kier molecular flexibility index (Phi) is 4.18. The number of nitrogens with zero attached hydrogens (tertiary/aromatic N) is 2. The first-order valence-electron chi connectivity index (χ1n) is 6.59. The molecule has 0 N–H and O–H groups in total. The Hall–Kier alpha value is -1.58. The highest BCUT2D eigenvalue weighted by Crippen LogP contribution is 2.34. The summed E-state index contributed by atoms with van der Waals surface area (Å²) in [7, 11) is 0. The van der Waals surface area contributed by atoms with Crippen LogP contribution in [0.5, 0.6) is 5.88 Å². The minimum atomic E-state index is 0.117. The summed E-state index contributed by atoms with van der Waals surface area (Å²) in [5, 5.41) is 0. The molecule has 0 aromatic carbocycles. The molecule has 1 aromatic rings. The highest BCUT2D eigenvalue weighted by atomic mass is 16.5. The molecule has 1 aliphatic heterocycles. The first kappa shape index (κ1) is 12.9. The van der Waals surface area contributed by atoms with E-state index in [1.807, 2.05) is 24.0 Å². The van der Waals surface area contributed by atoms with E-state index in [0.717, 1.165) is 31.4 Å². The molecule has 0 radical (unpaired) electrons. The Morgan fingerprint density at radius 3 is 3.11 bits per heavy atom. The number of rotatable bonds is 3. The highest BCUT2D eigenvalue weighted by molar-refractivity contribution is 5.74. The zero-order chi connectivity index (χ0) is 13.0. The molecule has 98 valence electrons. The van der Waals surface area contributed by atoms with E-state index in [9.17, 15) is 4.79 Å². The number of aromatic nitrogens is 1. The van der Waals surface area contributed by atoms with Crippen LogP contribution in [0.15, 0.2) is 18.3 Å². The van der Waals surface area contributed by atoms with Gasteiger partial charge in [0.2, 0.25) is 11.8 Å². The average Bonchev–Trinajstić information content (AvgIpc) is 2.40. The Balaban J connectivity index is 2.30. The lowest BCUT2D eigenvalue weighted by atomic mass is 9.96. The molecule has 1 amide bonds. The fourth-order valence-electron chi connectivity index (χ4n) is 2.55. The number of pyridine rings is 1. The first-order chi connectivity index (χ1) is 8.74. The Morgan fingerprint density at radius 1 is 1.56 bits per heavy atom. The lowest BCUT2D eigenvalue weighted by Gasteiger charge is -2.35. The van der Waals surface area contributed by atoms with Crippen molar-refractivity contribution in [3.8, 4) is 5.88 Å². The number of hydrogen-bond donors (Lipinski definition) is 0. The number of carbonyl (C=O) groups excluding carboxylic acids is 1. The third kappa shape index (κ3) is 2.63. The van der Waals surface area contributed by atoms with Gasteiger partial charge in [-0.15, -0.1) is 0 Å². The van der Waals surface area contributed by atoms with Gasteiger partial charge in [-0.3, -0.25) is 4.79 Å². The van der Waals surface area contributed by atoms with Crippen LogP contribution in [0.3, 0.4) is 0 Å². The van der Waals surface area contributed by atoms with Crippen molar-refractivity contribution in [1.29, 1.82) is 0 Å². The first-order valence-corrected chi connectivity index (χ1v) is 6.59. The molecular weight excluding hydrogens is 228 g/mol. The van der Waals surface area contributed by atoms with Crippen LogP contribution in [0.25, 0.3) is 0 Å². The molecule has 1 aliphatic rings. The SMILES string of the molecule is CCOc1ncccc1[C@@H]1CCCCN1C(C)=O. The van der Waals surface area contributed by atoms with Crippen LogP contribution in [-0.4, -0.2) is 28.9 Å². The maximum atomic E-state index is 11.7. The number of piperidine rings is 1. The molecule has 2 rings (SSSR count). The standard InChI is InChI=1S/C14H20N2O2/c1-3-18-14-12(7-6-9-15-14)13-8-4-5-10-16(13)11(2)17/h6-7,9,13H,3-5,8,10H2,1-2H3/t13-/m0/s1. The summed E-state index contributed by atoms with van der Waals surface area (Å²) >= 11 is 0. The van der Waals surface area contributed by atoms with Crippen molar-refractivity contribution in [3.63, 3.8) is 0 Å². The molecule has 0 saturated carbocycles. The van der Waals surface area contributed by atoms with Crippen molar-refractivity contribution in [1.82, 2.24) is 9.88 Å². The average molecular weight is 248 g/mol. The van der Waals surface area contributed by atoms with Gasteiger partial charge in [0.1, 0.15) is 0 Å². The van der Waals surface area contributed by atoms with Gasteiger partial charge in [0.15, 0.2) is 0 Å². The fraction of sp³-hybridized carbons (Fsp3) is 0.571. The van der Waals surface area contributed by atoms with Crippen LogP contribution in [0, 0.1) is 0 Å². The third-order valence-electron chi connectivity index (χ3n) is 3.35. The molecule has 1 aromatic heterocycles. The lowest BCUT2D eigenvalue weighted by Crippen LogP contribution is -2.37. The molecule has 1 atom stereocenters. The Bertz CT molecular complexity index is 420. The molecule has 1 saturated heterocycles. The van der Waals surface area contributed by atoms with E-state index in [4.69, 9.17) is 4.74 Å². The highest BCUT2D eigenvalue weighted by Gasteiger charge is 2.28. The van der Waals surface area contributed by atoms with Gasteiger partial charge in [0, 0.05) is 25.2 Å². The molecule has 2 heterocycles. The van der Waals surface area contributed by atoms with Gasteiger partial charge < -0.3 is 9.64 Å². The number of amides is 1. The van der Waals surface area contributed by atoms with Crippen LogP contribution in [0.1, 0.15) is 44.7 Å². The van der Waals surface area contributed by atoms with Gasteiger partial charge in [-0.05, 0) is 32.3 Å². The van der Waals surface area contributed by atoms with Gasteiger partial charge >= 0.3 is 0 Å². The number of ether oxygens (including phenoxy) is 1. The molecule has 0 unspecified atom stereocenters. The molecule has 0 spiro atoms. The summed E-state index contributed by atoms with van der Waals surface area (Å²) < 4.78 is 5.57. The van der Waals surface area contributed by atoms with Crippen molar-refractivity contribution in [2.45, 2.75) is 39.2 Å². The van der Waals surface area contributed by atoms with E-state index >= 15 is 0 Å². The minimum Gasteiger partial charge on any atom is -0.478 e. The van der Waals surface area contributed by atoms with Gasteiger partial charge in [-0.2, -0.15) is 0 Å². The van der Waals surface area contributed by atoms with Crippen molar-refractivity contribution < 1.29 is 9.53 Å². The second-order valence-corrected chi connectivity index (χ2v) is 4.55. The topological polar surface area (TPSA) is 42.4 Å². The van der Waals surface area contributed by atoms with Crippen LogP contribution >= 0.6 is 0 Å². The largest absolute Gasteiger partial charge is 0.478 e. The van der Waals surface area contributed by atoms with Crippen molar-refractivity contribution in [2.24, 2.45) is 0 Å². The maximum Gasteiger partial charge on any atom is 0.219 e. The van der Waals surface area contributed by atoms with Crippen molar-refractivity contribution >= 4 is 5.91 Å².